The fraction of sp³-hybridized carbons (Fsp3) is 0.278. The summed E-state index contributed by atoms with van der Waals surface area (Å²) in [6.45, 7) is 2.44. The molecule has 1 aliphatic heterocycles. The van der Waals surface area contributed by atoms with Gasteiger partial charge in [0.25, 0.3) is 5.91 Å². The third-order valence-electron chi connectivity index (χ3n) is 3.82. The minimum absolute atomic E-state index is 0.0788. The lowest BCUT2D eigenvalue weighted by Crippen LogP contribution is -2.33. The Hall–Kier alpha value is -2.37. The van der Waals surface area contributed by atoms with E-state index in [4.69, 9.17) is 9.47 Å². The smallest absolute Gasteiger partial charge is 0.255 e. The van der Waals surface area contributed by atoms with E-state index in [0.717, 1.165) is 36.7 Å². The number of hydrogen-bond acceptors (Lipinski definition) is 4. The van der Waals surface area contributed by atoms with Gasteiger partial charge in [-0.3, -0.25) is 4.79 Å². The molecule has 0 radical (unpaired) electrons. The van der Waals surface area contributed by atoms with Gasteiger partial charge in [-0.15, -0.1) is 0 Å². The number of hydrogen-bond donors (Lipinski definition) is 2. The molecular weight excluding hydrogens is 292 g/mol. The number of benzene rings is 2. The normalized spacial score (nSPS) is 17.5. The van der Waals surface area contributed by atoms with Gasteiger partial charge in [0.2, 0.25) is 0 Å². The van der Waals surface area contributed by atoms with Gasteiger partial charge in [-0.2, -0.15) is 0 Å². The summed E-state index contributed by atoms with van der Waals surface area (Å²) >= 11 is 0. The van der Waals surface area contributed by atoms with E-state index < -0.39 is 0 Å². The van der Waals surface area contributed by atoms with Crippen molar-refractivity contribution in [3.05, 3.63) is 59.7 Å². The van der Waals surface area contributed by atoms with E-state index in [-0.39, 0.29) is 12.0 Å². The van der Waals surface area contributed by atoms with Crippen molar-refractivity contribution in [2.75, 3.05) is 32.1 Å². The summed E-state index contributed by atoms with van der Waals surface area (Å²) in [6, 6.07) is 14.8. The minimum atomic E-state index is -0.143. The van der Waals surface area contributed by atoms with Crippen LogP contribution < -0.4 is 15.4 Å². The van der Waals surface area contributed by atoms with Crippen LogP contribution in [0.3, 0.4) is 0 Å². The Morgan fingerprint density at radius 3 is 2.52 bits per heavy atom. The van der Waals surface area contributed by atoms with Crippen LogP contribution in [0, 0.1) is 0 Å². The number of rotatable bonds is 4. The lowest BCUT2D eigenvalue weighted by molar-refractivity contribution is 0.0277. The summed E-state index contributed by atoms with van der Waals surface area (Å²) in [6.07, 6.45) is 0.0788. The van der Waals surface area contributed by atoms with Crippen LogP contribution in [-0.2, 0) is 4.74 Å². The summed E-state index contributed by atoms with van der Waals surface area (Å²) in [5, 5.41) is 6.20. The van der Waals surface area contributed by atoms with Crippen LogP contribution in [0.1, 0.15) is 22.0 Å². The van der Waals surface area contributed by atoms with Crippen molar-refractivity contribution >= 4 is 11.6 Å². The average Bonchev–Trinajstić information content (AvgIpc) is 2.63. The van der Waals surface area contributed by atoms with E-state index in [0.29, 0.717) is 5.56 Å². The summed E-state index contributed by atoms with van der Waals surface area (Å²) in [4.78, 5) is 12.2. The molecule has 0 bridgehead atoms. The first-order valence-corrected chi connectivity index (χ1v) is 7.64. The van der Waals surface area contributed by atoms with E-state index in [1.54, 1.807) is 31.4 Å². The zero-order valence-corrected chi connectivity index (χ0v) is 13.0. The Labute approximate surface area is 135 Å². The number of amides is 1. The molecule has 5 heteroatoms. The van der Waals surface area contributed by atoms with E-state index in [1.807, 2.05) is 24.3 Å². The Bertz CT molecular complexity index is 647. The van der Waals surface area contributed by atoms with Crippen molar-refractivity contribution < 1.29 is 14.3 Å². The molecule has 0 saturated carbocycles. The molecule has 1 aliphatic rings. The summed E-state index contributed by atoms with van der Waals surface area (Å²) < 4.78 is 10.8. The van der Waals surface area contributed by atoms with Crippen LogP contribution in [0.5, 0.6) is 5.75 Å². The maximum Gasteiger partial charge on any atom is 0.255 e. The van der Waals surface area contributed by atoms with E-state index in [1.165, 1.54) is 0 Å². The number of ether oxygens (including phenoxy) is 2. The van der Waals surface area contributed by atoms with E-state index in [9.17, 15) is 4.79 Å². The van der Waals surface area contributed by atoms with Gasteiger partial charge in [0.1, 0.15) is 5.75 Å². The monoisotopic (exact) mass is 312 g/mol. The van der Waals surface area contributed by atoms with Crippen molar-refractivity contribution in [1.29, 1.82) is 0 Å². The highest BCUT2D eigenvalue weighted by Crippen LogP contribution is 2.21. The molecule has 1 fully saturated rings. The number of nitrogens with one attached hydrogen (secondary N) is 2. The number of morpholine rings is 1. The van der Waals surface area contributed by atoms with Gasteiger partial charge in [-0.05, 0) is 42.0 Å². The van der Waals surface area contributed by atoms with Crippen LogP contribution in [0.15, 0.2) is 48.5 Å². The Morgan fingerprint density at radius 2 is 1.91 bits per heavy atom. The first-order valence-electron chi connectivity index (χ1n) is 7.64. The highest BCUT2D eigenvalue weighted by Gasteiger charge is 2.15. The van der Waals surface area contributed by atoms with Crippen LogP contribution in [-0.4, -0.2) is 32.7 Å². The molecule has 23 heavy (non-hydrogen) atoms. The molecule has 0 aromatic heterocycles. The molecule has 120 valence electrons. The number of methoxy groups -OCH3 is 1. The van der Waals surface area contributed by atoms with Crippen LogP contribution in [0.2, 0.25) is 0 Å². The summed E-state index contributed by atoms with van der Waals surface area (Å²) in [5.41, 5.74) is 2.47. The molecule has 2 aromatic rings. The third-order valence-corrected chi connectivity index (χ3v) is 3.82. The molecule has 2 N–H and O–H groups in total. The zero-order chi connectivity index (χ0) is 16.1. The van der Waals surface area contributed by atoms with Gasteiger partial charge in [0.15, 0.2) is 0 Å². The fourth-order valence-corrected chi connectivity index (χ4v) is 2.51. The maximum atomic E-state index is 12.2. The SMILES string of the molecule is COc1ccc(C(=O)Nc2ccc([C@H]3CNCCO3)cc2)cc1. The van der Waals surface area contributed by atoms with Crippen molar-refractivity contribution in [2.45, 2.75) is 6.10 Å². The first kappa shape index (κ1) is 15.5. The molecule has 5 nitrogen and oxygen atoms in total. The maximum absolute atomic E-state index is 12.2. The molecule has 3 rings (SSSR count). The number of carbonyl (C=O) groups excluding carboxylic acids is 1. The van der Waals surface area contributed by atoms with Gasteiger partial charge < -0.3 is 20.1 Å². The molecule has 1 atom stereocenters. The molecule has 1 amide bonds. The first-order chi connectivity index (χ1) is 11.3. The highest BCUT2D eigenvalue weighted by molar-refractivity contribution is 6.04. The highest BCUT2D eigenvalue weighted by atomic mass is 16.5. The molecule has 0 unspecified atom stereocenters. The molecular formula is C18H20N2O3. The second-order valence-electron chi connectivity index (χ2n) is 5.37. The van der Waals surface area contributed by atoms with Gasteiger partial charge in [0.05, 0.1) is 19.8 Å². The lowest BCUT2D eigenvalue weighted by Gasteiger charge is -2.24. The second kappa shape index (κ2) is 7.26. The summed E-state index contributed by atoms with van der Waals surface area (Å²) in [5.74, 6) is 0.586. The third kappa shape index (κ3) is 3.88. The number of carbonyl (C=O) groups is 1. The summed E-state index contributed by atoms with van der Waals surface area (Å²) in [7, 11) is 1.60. The van der Waals surface area contributed by atoms with Crippen molar-refractivity contribution in [2.24, 2.45) is 0 Å². The van der Waals surface area contributed by atoms with Crippen LogP contribution in [0.25, 0.3) is 0 Å². The van der Waals surface area contributed by atoms with Gasteiger partial charge in [-0.25, -0.2) is 0 Å². The van der Waals surface area contributed by atoms with Crippen LogP contribution in [0.4, 0.5) is 5.69 Å². The van der Waals surface area contributed by atoms with E-state index >= 15 is 0 Å². The lowest BCUT2D eigenvalue weighted by atomic mass is 10.1. The average molecular weight is 312 g/mol. The van der Waals surface area contributed by atoms with E-state index in [2.05, 4.69) is 10.6 Å². The molecule has 0 aliphatic carbocycles. The number of anilines is 1. The zero-order valence-electron chi connectivity index (χ0n) is 13.0. The van der Waals surface area contributed by atoms with Gasteiger partial charge in [-0.1, -0.05) is 12.1 Å². The molecule has 0 spiro atoms. The quantitative estimate of drug-likeness (QED) is 0.911. The van der Waals surface area contributed by atoms with Crippen molar-refractivity contribution in [1.82, 2.24) is 5.32 Å². The molecule has 1 saturated heterocycles. The Morgan fingerprint density at radius 1 is 1.17 bits per heavy atom. The minimum Gasteiger partial charge on any atom is -0.497 e. The predicted molar refractivity (Wildman–Crippen MR) is 89.0 cm³/mol. The largest absolute Gasteiger partial charge is 0.497 e. The molecule has 1 heterocycles. The van der Waals surface area contributed by atoms with Crippen molar-refractivity contribution in [3.8, 4) is 5.75 Å². The standard InChI is InChI=1S/C18H20N2O3/c1-22-16-8-4-14(5-9-16)18(21)20-15-6-2-13(3-7-15)17-12-19-10-11-23-17/h2-9,17,19H,10-12H2,1H3,(H,20,21)/t17-/m1/s1. The molecule has 2 aromatic carbocycles. The fourth-order valence-electron chi connectivity index (χ4n) is 2.51. The van der Waals surface area contributed by atoms with Gasteiger partial charge in [0, 0.05) is 24.3 Å². The second-order valence-corrected chi connectivity index (χ2v) is 5.37. The Kier molecular flexibility index (Phi) is 4.90. The van der Waals surface area contributed by atoms with Gasteiger partial charge >= 0.3 is 0 Å². The van der Waals surface area contributed by atoms with Crippen molar-refractivity contribution in [3.63, 3.8) is 0 Å². The predicted octanol–water partition coefficient (Wildman–Crippen LogP) is 2.61. The Balaban J connectivity index is 1.63. The van der Waals surface area contributed by atoms with Crippen LogP contribution >= 0.6 is 0 Å². The topological polar surface area (TPSA) is 59.6 Å².